The topological polar surface area (TPSA) is 76.1 Å². The Morgan fingerprint density at radius 3 is 2.78 bits per heavy atom. The molecule has 0 saturated carbocycles. The van der Waals surface area contributed by atoms with Gasteiger partial charge in [0.1, 0.15) is 11.5 Å². The van der Waals surface area contributed by atoms with Crippen LogP contribution >= 0.6 is 0 Å². The maximum Gasteiger partial charge on any atom is 0.271 e. The first-order valence-electron chi connectivity index (χ1n) is 6.03. The molecule has 0 radical (unpaired) electrons. The summed E-state index contributed by atoms with van der Waals surface area (Å²) in [6.07, 6.45) is 4.68. The van der Waals surface area contributed by atoms with Gasteiger partial charge in [0.25, 0.3) is 5.91 Å². The minimum Gasteiger partial charge on any atom is -0.381 e. The average molecular weight is 250 g/mol. The largest absolute Gasteiger partial charge is 0.381 e. The van der Waals surface area contributed by atoms with Crippen LogP contribution in [-0.4, -0.2) is 41.7 Å². The van der Waals surface area contributed by atoms with Crippen LogP contribution in [0.2, 0.25) is 0 Å². The van der Waals surface area contributed by atoms with E-state index in [0.29, 0.717) is 24.7 Å². The van der Waals surface area contributed by atoms with E-state index in [1.807, 2.05) is 6.92 Å². The van der Waals surface area contributed by atoms with Crippen molar-refractivity contribution in [2.45, 2.75) is 25.3 Å². The van der Waals surface area contributed by atoms with Crippen LogP contribution in [-0.2, 0) is 4.74 Å². The van der Waals surface area contributed by atoms with Crippen LogP contribution in [0.25, 0.3) is 0 Å². The number of nitrogens with one attached hydrogen (secondary N) is 2. The molecular weight excluding hydrogens is 232 g/mol. The molecule has 1 saturated heterocycles. The summed E-state index contributed by atoms with van der Waals surface area (Å²) in [4.78, 5) is 20.3. The van der Waals surface area contributed by atoms with E-state index in [2.05, 4.69) is 20.6 Å². The van der Waals surface area contributed by atoms with Gasteiger partial charge in [-0.15, -0.1) is 0 Å². The van der Waals surface area contributed by atoms with Crippen LogP contribution in [0.3, 0.4) is 0 Å². The van der Waals surface area contributed by atoms with E-state index in [-0.39, 0.29) is 11.4 Å². The van der Waals surface area contributed by atoms with Gasteiger partial charge in [0.15, 0.2) is 0 Å². The van der Waals surface area contributed by atoms with Gasteiger partial charge in [-0.25, -0.2) is 4.98 Å². The van der Waals surface area contributed by atoms with Crippen LogP contribution in [0.5, 0.6) is 0 Å². The molecule has 2 heterocycles. The van der Waals surface area contributed by atoms with Crippen molar-refractivity contribution < 1.29 is 9.53 Å². The standard InChI is InChI=1S/C12H18N4O2/c1-12(3-5-18-6-4-12)16-11(17)9-7-14-8-10(13-2)15-9/h7-8H,3-6H2,1-2H3,(H,13,15)(H,16,17). The molecule has 18 heavy (non-hydrogen) atoms. The van der Waals surface area contributed by atoms with E-state index in [9.17, 15) is 4.79 Å². The molecule has 1 fully saturated rings. The second kappa shape index (κ2) is 5.30. The smallest absolute Gasteiger partial charge is 0.271 e. The molecule has 0 spiro atoms. The fourth-order valence-electron chi connectivity index (χ4n) is 1.88. The molecule has 0 unspecified atom stereocenters. The SMILES string of the molecule is CNc1cncc(C(=O)NC2(C)CCOCC2)n1. The maximum atomic E-state index is 12.1. The molecule has 98 valence electrons. The zero-order valence-electron chi connectivity index (χ0n) is 10.7. The number of carbonyl (C=O) groups excluding carboxylic acids is 1. The summed E-state index contributed by atoms with van der Waals surface area (Å²) < 4.78 is 5.30. The van der Waals surface area contributed by atoms with E-state index in [1.54, 1.807) is 13.2 Å². The van der Waals surface area contributed by atoms with Gasteiger partial charge in [0.05, 0.1) is 12.4 Å². The molecule has 0 aliphatic carbocycles. The summed E-state index contributed by atoms with van der Waals surface area (Å²) in [5.74, 6) is 0.392. The van der Waals surface area contributed by atoms with E-state index in [4.69, 9.17) is 4.74 Å². The van der Waals surface area contributed by atoms with E-state index >= 15 is 0 Å². The van der Waals surface area contributed by atoms with E-state index in [1.165, 1.54) is 6.20 Å². The van der Waals surface area contributed by atoms with E-state index < -0.39 is 0 Å². The first-order chi connectivity index (χ1) is 8.63. The number of aromatic nitrogens is 2. The van der Waals surface area contributed by atoms with Gasteiger partial charge in [0, 0.05) is 25.8 Å². The molecule has 1 aromatic rings. The fourth-order valence-corrected chi connectivity index (χ4v) is 1.88. The van der Waals surface area contributed by atoms with Gasteiger partial charge in [-0.2, -0.15) is 0 Å². The minimum absolute atomic E-state index is 0.191. The second-order valence-electron chi connectivity index (χ2n) is 4.67. The van der Waals surface area contributed by atoms with Gasteiger partial charge < -0.3 is 15.4 Å². The Hall–Kier alpha value is -1.69. The summed E-state index contributed by atoms with van der Waals surface area (Å²) in [5.41, 5.74) is 0.113. The lowest BCUT2D eigenvalue weighted by Crippen LogP contribution is -2.49. The Morgan fingerprint density at radius 2 is 2.11 bits per heavy atom. The number of rotatable bonds is 3. The zero-order valence-corrected chi connectivity index (χ0v) is 10.7. The highest BCUT2D eigenvalue weighted by molar-refractivity contribution is 5.92. The summed E-state index contributed by atoms with van der Waals surface area (Å²) in [7, 11) is 1.74. The van der Waals surface area contributed by atoms with Gasteiger partial charge in [-0.3, -0.25) is 9.78 Å². The van der Waals surface area contributed by atoms with Gasteiger partial charge >= 0.3 is 0 Å². The average Bonchev–Trinajstić information content (AvgIpc) is 2.39. The van der Waals surface area contributed by atoms with Crippen molar-refractivity contribution in [3.05, 3.63) is 18.1 Å². The van der Waals surface area contributed by atoms with Crippen LogP contribution in [0.15, 0.2) is 12.4 Å². The number of hydrogen-bond donors (Lipinski definition) is 2. The molecule has 1 aliphatic heterocycles. The van der Waals surface area contributed by atoms with Crippen molar-refractivity contribution in [1.29, 1.82) is 0 Å². The highest BCUT2D eigenvalue weighted by Crippen LogP contribution is 2.20. The highest BCUT2D eigenvalue weighted by Gasteiger charge is 2.29. The van der Waals surface area contributed by atoms with Crippen molar-refractivity contribution in [1.82, 2.24) is 15.3 Å². The maximum absolute atomic E-state index is 12.1. The Balaban J connectivity index is 2.06. The molecule has 1 aromatic heterocycles. The van der Waals surface area contributed by atoms with Crippen molar-refractivity contribution in [3.63, 3.8) is 0 Å². The molecular formula is C12H18N4O2. The number of ether oxygens (including phenoxy) is 1. The summed E-state index contributed by atoms with van der Waals surface area (Å²) in [5, 5.41) is 5.88. The van der Waals surface area contributed by atoms with Crippen LogP contribution in [0.1, 0.15) is 30.3 Å². The Morgan fingerprint density at radius 1 is 1.39 bits per heavy atom. The monoisotopic (exact) mass is 250 g/mol. The molecule has 6 nitrogen and oxygen atoms in total. The predicted molar refractivity (Wildman–Crippen MR) is 67.5 cm³/mol. The minimum atomic E-state index is -0.216. The quantitative estimate of drug-likeness (QED) is 0.830. The summed E-state index contributed by atoms with van der Waals surface area (Å²) >= 11 is 0. The second-order valence-corrected chi connectivity index (χ2v) is 4.67. The first kappa shape index (κ1) is 12.8. The molecule has 1 amide bonds. The predicted octanol–water partition coefficient (Wildman–Crippen LogP) is 0.817. The Bertz CT molecular complexity index is 430. The molecule has 1 aliphatic rings. The number of nitrogens with zero attached hydrogens (tertiary/aromatic N) is 2. The molecule has 0 atom stereocenters. The van der Waals surface area contributed by atoms with Crippen LogP contribution < -0.4 is 10.6 Å². The van der Waals surface area contributed by atoms with Gasteiger partial charge in [-0.1, -0.05) is 0 Å². The number of anilines is 1. The third-order valence-corrected chi connectivity index (χ3v) is 3.13. The normalized spacial score (nSPS) is 18.1. The van der Waals surface area contributed by atoms with Crippen molar-refractivity contribution in [3.8, 4) is 0 Å². The Kier molecular flexibility index (Phi) is 3.76. The van der Waals surface area contributed by atoms with E-state index in [0.717, 1.165) is 12.8 Å². The summed E-state index contributed by atoms with van der Waals surface area (Å²) in [6.45, 7) is 3.39. The van der Waals surface area contributed by atoms with Crippen LogP contribution in [0, 0.1) is 0 Å². The van der Waals surface area contributed by atoms with Crippen molar-refractivity contribution in [2.75, 3.05) is 25.6 Å². The zero-order chi connectivity index (χ0) is 13.0. The van der Waals surface area contributed by atoms with Crippen LogP contribution in [0.4, 0.5) is 5.82 Å². The fraction of sp³-hybridized carbons (Fsp3) is 0.583. The lowest BCUT2D eigenvalue weighted by atomic mass is 9.92. The third-order valence-electron chi connectivity index (χ3n) is 3.13. The molecule has 0 aromatic carbocycles. The molecule has 2 N–H and O–H groups in total. The van der Waals surface area contributed by atoms with Gasteiger partial charge in [-0.05, 0) is 19.8 Å². The van der Waals surface area contributed by atoms with Crippen molar-refractivity contribution >= 4 is 11.7 Å². The Labute approximate surface area is 106 Å². The first-order valence-corrected chi connectivity index (χ1v) is 6.03. The lowest BCUT2D eigenvalue weighted by molar-refractivity contribution is 0.0421. The molecule has 0 bridgehead atoms. The number of amides is 1. The summed E-state index contributed by atoms with van der Waals surface area (Å²) in [6, 6.07) is 0. The van der Waals surface area contributed by atoms with Gasteiger partial charge in [0.2, 0.25) is 0 Å². The molecule has 6 heteroatoms. The third kappa shape index (κ3) is 2.95. The van der Waals surface area contributed by atoms with Crippen molar-refractivity contribution in [2.24, 2.45) is 0 Å². The molecule has 2 rings (SSSR count). The number of carbonyl (C=O) groups is 1. The number of hydrogen-bond acceptors (Lipinski definition) is 5. The lowest BCUT2D eigenvalue weighted by Gasteiger charge is -2.34. The highest BCUT2D eigenvalue weighted by atomic mass is 16.5.